The predicted octanol–water partition coefficient (Wildman–Crippen LogP) is 0.673. The average molecular weight is 143 g/mol. The van der Waals surface area contributed by atoms with Crippen molar-refractivity contribution in [2.24, 2.45) is 0 Å². The van der Waals surface area contributed by atoms with Crippen LogP contribution < -0.4 is 5.32 Å². The lowest BCUT2D eigenvalue weighted by Crippen LogP contribution is -2.19. The quantitative estimate of drug-likeness (QED) is 0.464. The molecular weight excluding hydrogens is 130 g/mol. The molecule has 0 bridgehead atoms. The van der Waals surface area contributed by atoms with Crippen LogP contribution >= 0.6 is 0 Å². The summed E-state index contributed by atoms with van der Waals surface area (Å²) >= 11 is 0. The molecule has 0 saturated heterocycles. The van der Waals surface area contributed by atoms with E-state index in [1.807, 2.05) is 13.8 Å². The van der Waals surface area contributed by atoms with Crippen LogP contribution in [0.2, 0.25) is 0 Å². The molecule has 0 aromatic carbocycles. The number of carbonyl (C=O) groups excluding carboxylic acids is 1. The van der Waals surface area contributed by atoms with Crippen LogP contribution in [0, 0.1) is 0 Å². The van der Waals surface area contributed by atoms with Crippen molar-refractivity contribution < 1.29 is 9.53 Å². The van der Waals surface area contributed by atoms with E-state index in [0.29, 0.717) is 13.2 Å². The van der Waals surface area contributed by atoms with Gasteiger partial charge in [-0.25, -0.2) is 0 Å². The number of amides is 1. The van der Waals surface area contributed by atoms with Crippen LogP contribution in [0.15, 0.2) is 12.3 Å². The topological polar surface area (TPSA) is 38.3 Å². The minimum atomic E-state index is -0.115. The van der Waals surface area contributed by atoms with Gasteiger partial charge < -0.3 is 10.1 Å². The maximum Gasteiger partial charge on any atom is 0.247 e. The molecule has 0 aromatic heterocycles. The van der Waals surface area contributed by atoms with Crippen LogP contribution in [0.4, 0.5) is 0 Å². The molecule has 0 rings (SSSR count). The van der Waals surface area contributed by atoms with Gasteiger partial charge in [-0.1, -0.05) is 0 Å². The van der Waals surface area contributed by atoms with Gasteiger partial charge in [0, 0.05) is 12.6 Å². The molecule has 0 atom stereocenters. The van der Waals surface area contributed by atoms with E-state index in [2.05, 4.69) is 5.32 Å². The molecule has 3 nitrogen and oxygen atoms in total. The van der Waals surface area contributed by atoms with Crippen LogP contribution in [-0.4, -0.2) is 19.1 Å². The smallest absolute Gasteiger partial charge is 0.247 e. The van der Waals surface area contributed by atoms with E-state index < -0.39 is 0 Å². The third-order valence-corrected chi connectivity index (χ3v) is 0.833. The molecule has 58 valence electrons. The summed E-state index contributed by atoms with van der Waals surface area (Å²) in [6.07, 6.45) is 2.76. The first kappa shape index (κ1) is 9.01. The molecule has 0 saturated carbocycles. The number of rotatable bonds is 4. The molecule has 1 N–H and O–H groups in total. The van der Waals surface area contributed by atoms with Gasteiger partial charge in [-0.05, 0) is 13.8 Å². The number of ether oxygens (including phenoxy) is 1. The molecular formula is C7H13NO2. The summed E-state index contributed by atoms with van der Waals surface area (Å²) in [7, 11) is 0. The van der Waals surface area contributed by atoms with Gasteiger partial charge >= 0.3 is 0 Å². The fourth-order valence-corrected chi connectivity index (χ4v) is 0.439. The maximum absolute atomic E-state index is 10.6. The van der Waals surface area contributed by atoms with Crippen LogP contribution in [0.3, 0.4) is 0 Å². The highest BCUT2D eigenvalue weighted by atomic mass is 16.5. The van der Waals surface area contributed by atoms with Gasteiger partial charge in [-0.3, -0.25) is 4.79 Å². The second kappa shape index (κ2) is 6.13. The average Bonchev–Trinajstić information content (AvgIpc) is 1.89. The van der Waals surface area contributed by atoms with Gasteiger partial charge in [0.2, 0.25) is 5.91 Å². The van der Waals surface area contributed by atoms with Crippen LogP contribution in [-0.2, 0) is 9.53 Å². The zero-order valence-corrected chi connectivity index (χ0v) is 6.39. The first-order valence-corrected chi connectivity index (χ1v) is 3.37. The monoisotopic (exact) mass is 143 g/mol. The Balaban J connectivity index is 3.36. The van der Waals surface area contributed by atoms with Crippen LogP contribution in [0.1, 0.15) is 13.8 Å². The Morgan fingerprint density at radius 1 is 1.60 bits per heavy atom. The second-order valence-electron chi connectivity index (χ2n) is 1.65. The zero-order valence-electron chi connectivity index (χ0n) is 6.39. The Labute approximate surface area is 61.1 Å². The predicted molar refractivity (Wildman–Crippen MR) is 39.4 cm³/mol. The molecule has 0 radical (unpaired) electrons. The van der Waals surface area contributed by atoms with Gasteiger partial charge in [0.1, 0.15) is 0 Å². The largest absolute Gasteiger partial charge is 0.501 e. The molecule has 10 heavy (non-hydrogen) atoms. The summed E-state index contributed by atoms with van der Waals surface area (Å²) in [5, 5.41) is 2.60. The van der Waals surface area contributed by atoms with E-state index >= 15 is 0 Å². The molecule has 0 aliphatic heterocycles. The molecule has 0 spiro atoms. The van der Waals surface area contributed by atoms with Crippen molar-refractivity contribution in [3.63, 3.8) is 0 Å². The fourth-order valence-electron chi connectivity index (χ4n) is 0.439. The SMILES string of the molecule is CCNC(=O)/C=C/OCC. The van der Waals surface area contributed by atoms with Crippen molar-refractivity contribution in [3.8, 4) is 0 Å². The maximum atomic E-state index is 10.6. The molecule has 0 unspecified atom stereocenters. The minimum absolute atomic E-state index is 0.115. The summed E-state index contributed by atoms with van der Waals surface area (Å²) in [5.74, 6) is -0.115. The van der Waals surface area contributed by atoms with Gasteiger partial charge in [-0.15, -0.1) is 0 Å². The molecule has 0 aliphatic carbocycles. The first-order valence-electron chi connectivity index (χ1n) is 3.37. The van der Waals surface area contributed by atoms with E-state index in [1.165, 1.54) is 12.3 Å². The van der Waals surface area contributed by atoms with E-state index in [1.54, 1.807) is 0 Å². The Morgan fingerprint density at radius 3 is 2.80 bits per heavy atom. The molecule has 0 aromatic rings. The summed E-state index contributed by atoms with van der Waals surface area (Å²) in [6.45, 7) is 4.97. The summed E-state index contributed by atoms with van der Waals surface area (Å²) in [4.78, 5) is 10.6. The third kappa shape index (κ3) is 5.15. The number of hydrogen-bond donors (Lipinski definition) is 1. The number of hydrogen-bond acceptors (Lipinski definition) is 2. The van der Waals surface area contributed by atoms with Crippen molar-refractivity contribution in [1.82, 2.24) is 5.32 Å². The lowest BCUT2D eigenvalue weighted by atomic mass is 10.5. The lowest BCUT2D eigenvalue weighted by Gasteiger charge is -1.94. The van der Waals surface area contributed by atoms with Gasteiger partial charge in [0.15, 0.2) is 0 Å². The standard InChI is InChI=1S/C7H13NO2/c1-3-8-7(9)5-6-10-4-2/h5-6H,3-4H2,1-2H3,(H,8,9)/b6-5+. The molecule has 1 amide bonds. The van der Waals surface area contributed by atoms with E-state index in [-0.39, 0.29) is 5.91 Å². The Bertz CT molecular complexity index is 121. The Morgan fingerprint density at radius 2 is 2.30 bits per heavy atom. The number of carbonyl (C=O) groups is 1. The Kier molecular flexibility index (Phi) is 5.53. The van der Waals surface area contributed by atoms with Gasteiger partial charge in [0.25, 0.3) is 0 Å². The second-order valence-corrected chi connectivity index (χ2v) is 1.65. The molecule has 0 heterocycles. The van der Waals surface area contributed by atoms with Crippen molar-refractivity contribution in [2.75, 3.05) is 13.2 Å². The highest BCUT2D eigenvalue weighted by Gasteiger charge is 1.88. The van der Waals surface area contributed by atoms with Gasteiger partial charge in [-0.2, -0.15) is 0 Å². The summed E-state index contributed by atoms with van der Waals surface area (Å²) < 4.78 is 4.81. The first-order chi connectivity index (χ1) is 4.81. The number of likely N-dealkylation sites (N-methyl/N-ethyl adjacent to an activating group) is 1. The van der Waals surface area contributed by atoms with Crippen molar-refractivity contribution in [3.05, 3.63) is 12.3 Å². The van der Waals surface area contributed by atoms with Crippen molar-refractivity contribution in [2.45, 2.75) is 13.8 Å². The van der Waals surface area contributed by atoms with Crippen LogP contribution in [0.25, 0.3) is 0 Å². The summed E-state index contributed by atoms with van der Waals surface area (Å²) in [6, 6.07) is 0. The lowest BCUT2D eigenvalue weighted by molar-refractivity contribution is -0.116. The molecule has 0 fully saturated rings. The molecule has 3 heteroatoms. The van der Waals surface area contributed by atoms with Crippen molar-refractivity contribution >= 4 is 5.91 Å². The van der Waals surface area contributed by atoms with Gasteiger partial charge in [0.05, 0.1) is 12.9 Å². The highest BCUT2D eigenvalue weighted by Crippen LogP contribution is 1.76. The number of nitrogens with one attached hydrogen (secondary N) is 1. The third-order valence-electron chi connectivity index (χ3n) is 0.833. The zero-order chi connectivity index (χ0) is 7.82. The minimum Gasteiger partial charge on any atom is -0.501 e. The van der Waals surface area contributed by atoms with Crippen molar-refractivity contribution in [1.29, 1.82) is 0 Å². The fraction of sp³-hybridized carbons (Fsp3) is 0.571. The van der Waals surface area contributed by atoms with Crippen LogP contribution in [0.5, 0.6) is 0 Å². The Hall–Kier alpha value is -0.990. The van der Waals surface area contributed by atoms with E-state index in [9.17, 15) is 4.79 Å². The molecule has 0 aliphatic rings. The van der Waals surface area contributed by atoms with E-state index in [4.69, 9.17) is 4.74 Å². The van der Waals surface area contributed by atoms with E-state index in [0.717, 1.165) is 0 Å². The summed E-state index contributed by atoms with van der Waals surface area (Å²) in [5.41, 5.74) is 0. The normalized spacial score (nSPS) is 9.80. The highest BCUT2D eigenvalue weighted by molar-refractivity contribution is 5.87.